The van der Waals surface area contributed by atoms with Crippen molar-refractivity contribution in [2.24, 2.45) is 7.05 Å². The molecule has 286 valence electrons. The molecular weight excluding hydrogens is 703 g/mol. The molecule has 1 atom stereocenters. The van der Waals surface area contributed by atoms with Crippen molar-refractivity contribution in [2.45, 2.75) is 63.6 Å². The molecule has 3 aromatic rings. The van der Waals surface area contributed by atoms with E-state index in [0.717, 1.165) is 36.1 Å². The minimum atomic E-state index is -3.22. The zero-order chi connectivity index (χ0) is 37.4. The number of amides is 4. The third-order valence-corrected chi connectivity index (χ3v) is 12.7. The van der Waals surface area contributed by atoms with Gasteiger partial charge in [0, 0.05) is 90.1 Å². The van der Waals surface area contributed by atoms with Gasteiger partial charge in [-0.25, -0.2) is 22.8 Å². The normalized spacial score (nSPS) is 20.6. The van der Waals surface area contributed by atoms with Gasteiger partial charge in [0.05, 0.1) is 11.8 Å². The van der Waals surface area contributed by atoms with Crippen LogP contribution in [0.1, 0.15) is 42.4 Å². The summed E-state index contributed by atoms with van der Waals surface area (Å²) in [5.41, 5.74) is 4.52. The molecule has 0 aliphatic carbocycles. The number of carbonyl (C=O) groups is 3. The number of anilines is 1. The van der Waals surface area contributed by atoms with E-state index in [0.29, 0.717) is 88.4 Å². The van der Waals surface area contributed by atoms with Crippen LogP contribution in [0.25, 0.3) is 11.1 Å². The fourth-order valence-corrected chi connectivity index (χ4v) is 9.27. The number of aromatic nitrogens is 1. The molecule has 4 aliphatic heterocycles. The molecule has 1 aromatic heterocycles. The summed E-state index contributed by atoms with van der Waals surface area (Å²) >= 11 is 0. The first-order valence-corrected chi connectivity index (χ1v) is 20.4. The number of hydrogen-bond acceptors (Lipinski definition) is 9. The molecule has 0 spiro atoms. The van der Waals surface area contributed by atoms with E-state index in [1.165, 1.54) is 15.1 Å². The molecule has 3 fully saturated rings. The Hall–Kier alpha value is -4.41. The van der Waals surface area contributed by atoms with Crippen LogP contribution in [-0.4, -0.2) is 138 Å². The number of aryl methyl sites for hydroxylation is 2. The summed E-state index contributed by atoms with van der Waals surface area (Å²) in [6.45, 7) is 6.43. The van der Waals surface area contributed by atoms with Crippen LogP contribution in [0.2, 0.25) is 0 Å². The molecule has 4 aliphatic rings. The van der Waals surface area contributed by atoms with E-state index in [-0.39, 0.29) is 30.4 Å². The predicted molar refractivity (Wildman–Crippen MR) is 198 cm³/mol. The van der Waals surface area contributed by atoms with E-state index in [1.54, 1.807) is 22.9 Å². The van der Waals surface area contributed by atoms with Crippen molar-refractivity contribution in [3.63, 3.8) is 0 Å². The summed E-state index contributed by atoms with van der Waals surface area (Å²) in [6, 6.07) is 11.5. The van der Waals surface area contributed by atoms with E-state index >= 15 is 0 Å². The van der Waals surface area contributed by atoms with Crippen molar-refractivity contribution in [3.8, 4) is 0 Å². The van der Waals surface area contributed by atoms with Crippen LogP contribution >= 0.6 is 0 Å². The maximum atomic E-state index is 14.2. The van der Waals surface area contributed by atoms with Gasteiger partial charge in [-0.05, 0) is 67.9 Å². The lowest BCUT2D eigenvalue weighted by molar-refractivity contribution is -0.142. The molecule has 7 rings (SSSR count). The van der Waals surface area contributed by atoms with Crippen LogP contribution in [0, 0.1) is 6.92 Å². The third kappa shape index (κ3) is 7.94. The average Bonchev–Trinajstić information content (AvgIpc) is 3.32. The average molecular weight is 752 g/mol. The molecule has 0 bridgehead atoms. The SMILES string of the molecule is Cc1cc(C[C@@H](OC(=O)N2CCC(N3CCc4ccccc4NC3=O)CC2)C(=O)N2CCC(N3CCN(S(C)(=O)=O)CC3)CC2)cc2oc(=O)n(C)c12. The predicted octanol–water partition coefficient (Wildman–Crippen LogP) is 2.61. The standard InChI is InChI=1S/C37H49N7O8S/c1-25-22-26(23-31-33(25)39(2)36(47)51-31)24-32(34(45)41-13-9-28(10-14-41)40-18-20-43(21-19-40)53(3,49)50)52-37(48)42-15-11-29(12-16-42)44-17-8-27-6-4-5-7-30(27)38-35(44)46/h4-7,22-23,28-29,32H,8-21,24H2,1-3H3,(H,38,46)/t32-/m1/s1. The summed E-state index contributed by atoms with van der Waals surface area (Å²) in [4.78, 5) is 60.9. The number of likely N-dealkylation sites (tertiary alicyclic amines) is 2. The maximum Gasteiger partial charge on any atom is 0.419 e. The number of piperazine rings is 1. The van der Waals surface area contributed by atoms with Crippen LogP contribution in [-0.2, 0) is 39.4 Å². The number of nitrogens with zero attached hydrogens (tertiary/aromatic N) is 6. The second-order valence-electron chi connectivity index (χ2n) is 14.8. The highest BCUT2D eigenvalue weighted by Gasteiger charge is 2.37. The van der Waals surface area contributed by atoms with Gasteiger partial charge >= 0.3 is 17.9 Å². The van der Waals surface area contributed by atoms with E-state index in [2.05, 4.69) is 10.2 Å². The smallest absolute Gasteiger partial charge is 0.419 e. The molecular formula is C37H49N7O8S. The van der Waals surface area contributed by atoms with Crippen molar-refractivity contribution >= 4 is 44.8 Å². The summed E-state index contributed by atoms with van der Waals surface area (Å²) in [7, 11) is -1.58. The molecule has 1 N–H and O–H groups in total. The van der Waals surface area contributed by atoms with Gasteiger partial charge < -0.3 is 29.2 Å². The number of carbonyl (C=O) groups excluding carboxylic acids is 3. The van der Waals surface area contributed by atoms with Crippen molar-refractivity contribution in [3.05, 3.63) is 63.6 Å². The molecule has 0 unspecified atom stereocenters. The number of nitrogens with one attached hydrogen (secondary N) is 1. The van der Waals surface area contributed by atoms with Crippen molar-refractivity contribution in [1.82, 2.24) is 28.5 Å². The number of sulfonamides is 1. The summed E-state index contributed by atoms with van der Waals surface area (Å²) in [5.74, 6) is -0.757. The molecule has 0 saturated carbocycles. The van der Waals surface area contributed by atoms with Crippen LogP contribution in [0.4, 0.5) is 15.3 Å². The zero-order valence-corrected chi connectivity index (χ0v) is 31.5. The van der Waals surface area contributed by atoms with Gasteiger partial charge in [0.1, 0.15) is 0 Å². The number of fused-ring (bicyclic) bond motifs is 2. The van der Waals surface area contributed by atoms with E-state index < -0.39 is 28.0 Å². The quantitative estimate of drug-likeness (QED) is 0.383. The first-order valence-electron chi connectivity index (χ1n) is 18.5. The Bertz CT molecular complexity index is 2020. The molecule has 16 heteroatoms. The lowest BCUT2D eigenvalue weighted by Gasteiger charge is -2.42. The Morgan fingerprint density at radius 1 is 0.906 bits per heavy atom. The highest BCUT2D eigenvalue weighted by molar-refractivity contribution is 7.88. The number of rotatable bonds is 7. The van der Waals surface area contributed by atoms with Gasteiger partial charge in [-0.3, -0.25) is 14.3 Å². The van der Waals surface area contributed by atoms with Gasteiger partial charge in [0.15, 0.2) is 11.7 Å². The number of ether oxygens (including phenoxy) is 1. The number of oxazole rings is 1. The lowest BCUT2D eigenvalue weighted by atomic mass is 9.99. The van der Waals surface area contributed by atoms with Gasteiger partial charge in [-0.2, -0.15) is 4.31 Å². The van der Waals surface area contributed by atoms with Crippen molar-refractivity contribution in [2.75, 3.05) is 70.5 Å². The highest BCUT2D eigenvalue weighted by Crippen LogP contribution is 2.27. The Balaban J connectivity index is 1.01. The Morgan fingerprint density at radius 3 is 2.26 bits per heavy atom. The Morgan fingerprint density at radius 2 is 1.57 bits per heavy atom. The number of hydrogen-bond donors (Lipinski definition) is 1. The molecule has 5 heterocycles. The Labute approximate surface area is 309 Å². The van der Waals surface area contributed by atoms with Crippen molar-refractivity contribution < 1.29 is 32.0 Å². The minimum Gasteiger partial charge on any atom is -0.436 e. The fraction of sp³-hybridized carbons (Fsp3) is 0.568. The number of piperidine rings is 2. The van der Waals surface area contributed by atoms with E-state index in [9.17, 15) is 27.6 Å². The summed E-state index contributed by atoms with van der Waals surface area (Å²) in [6.07, 6.45) is 3.06. The van der Waals surface area contributed by atoms with Gasteiger partial charge in [0.25, 0.3) is 5.91 Å². The van der Waals surface area contributed by atoms with Crippen LogP contribution in [0.15, 0.2) is 45.6 Å². The van der Waals surface area contributed by atoms with E-state index in [4.69, 9.17) is 9.15 Å². The van der Waals surface area contributed by atoms with Gasteiger partial charge in [-0.15, -0.1) is 0 Å². The first-order chi connectivity index (χ1) is 25.4. The molecule has 15 nitrogen and oxygen atoms in total. The third-order valence-electron chi connectivity index (χ3n) is 11.4. The molecule has 53 heavy (non-hydrogen) atoms. The largest absolute Gasteiger partial charge is 0.436 e. The molecule has 0 radical (unpaired) electrons. The number of para-hydroxylation sites is 1. The van der Waals surface area contributed by atoms with Gasteiger partial charge in [-0.1, -0.05) is 24.3 Å². The lowest BCUT2D eigenvalue weighted by Crippen LogP contribution is -2.55. The van der Waals surface area contributed by atoms with E-state index in [1.807, 2.05) is 42.2 Å². The monoisotopic (exact) mass is 751 g/mol. The highest BCUT2D eigenvalue weighted by atomic mass is 32.2. The summed E-state index contributed by atoms with van der Waals surface area (Å²) in [5, 5.41) is 3.03. The summed E-state index contributed by atoms with van der Waals surface area (Å²) < 4.78 is 38.5. The second-order valence-corrected chi connectivity index (χ2v) is 16.7. The Kier molecular flexibility index (Phi) is 10.6. The maximum absolute atomic E-state index is 14.2. The minimum absolute atomic E-state index is 0.0309. The molecule has 2 aromatic carbocycles. The van der Waals surface area contributed by atoms with Crippen molar-refractivity contribution in [1.29, 1.82) is 0 Å². The second kappa shape index (κ2) is 15.1. The zero-order valence-electron chi connectivity index (χ0n) is 30.7. The molecule has 4 amide bonds. The number of benzene rings is 2. The topological polar surface area (TPSA) is 158 Å². The number of urea groups is 1. The van der Waals surface area contributed by atoms with Crippen LogP contribution < -0.4 is 11.1 Å². The van der Waals surface area contributed by atoms with Crippen LogP contribution in [0.3, 0.4) is 0 Å². The molecule has 3 saturated heterocycles. The van der Waals surface area contributed by atoms with Gasteiger partial charge in [0.2, 0.25) is 10.0 Å². The van der Waals surface area contributed by atoms with Crippen LogP contribution in [0.5, 0.6) is 0 Å². The fourth-order valence-electron chi connectivity index (χ4n) is 8.44. The first kappa shape index (κ1) is 36.9.